The molecular formula is C29H24F5N5O. The maximum atomic E-state index is 14.7. The van der Waals surface area contributed by atoms with Gasteiger partial charge in [0.2, 0.25) is 0 Å². The highest BCUT2D eigenvalue weighted by molar-refractivity contribution is 6.11. The fraction of sp³-hybridized carbons (Fsp3) is 0.207. The van der Waals surface area contributed by atoms with Crippen LogP contribution in [0.15, 0.2) is 78.5 Å². The molecule has 0 aliphatic heterocycles. The van der Waals surface area contributed by atoms with Crippen molar-refractivity contribution in [2.45, 2.75) is 25.1 Å². The van der Waals surface area contributed by atoms with Crippen LogP contribution < -0.4 is 16.0 Å². The molecule has 6 nitrogen and oxygen atoms in total. The molecule has 0 spiro atoms. The predicted molar refractivity (Wildman–Crippen MR) is 141 cm³/mol. The number of allylic oxidation sites excluding steroid dienone is 1. The average Bonchev–Trinajstić information content (AvgIpc) is 3.74. The van der Waals surface area contributed by atoms with Crippen LogP contribution in [-0.2, 0) is 4.79 Å². The number of nitrogens with one attached hydrogen (secondary N) is 4. The molecule has 1 saturated carbocycles. The van der Waals surface area contributed by atoms with Crippen LogP contribution >= 0.6 is 0 Å². The molecule has 0 heterocycles. The van der Waals surface area contributed by atoms with Gasteiger partial charge in [-0.1, -0.05) is 18.2 Å². The van der Waals surface area contributed by atoms with Crippen molar-refractivity contribution in [1.82, 2.24) is 5.32 Å². The summed E-state index contributed by atoms with van der Waals surface area (Å²) in [5, 5.41) is 24.8. The molecule has 206 valence electrons. The van der Waals surface area contributed by atoms with Gasteiger partial charge in [-0.05, 0) is 85.5 Å². The summed E-state index contributed by atoms with van der Waals surface area (Å²) in [5.74, 6) is -1.81. The van der Waals surface area contributed by atoms with Crippen LogP contribution in [0, 0.1) is 34.3 Å². The second-order valence-electron chi connectivity index (χ2n) is 9.32. The van der Waals surface area contributed by atoms with Crippen LogP contribution in [-0.4, -0.2) is 24.3 Å². The first-order chi connectivity index (χ1) is 19.0. The number of carbonyl (C=O) groups excluding carboxylic acids is 1. The molecular weight excluding hydrogens is 529 g/mol. The zero-order chi connectivity index (χ0) is 28.9. The summed E-state index contributed by atoms with van der Waals surface area (Å²) >= 11 is 0. The van der Waals surface area contributed by atoms with Crippen molar-refractivity contribution in [3.05, 3.63) is 107 Å². The lowest BCUT2D eigenvalue weighted by atomic mass is 9.97. The van der Waals surface area contributed by atoms with Gasteiger partial charge in [-0.25, -0.2) is 8.78 Å². The topological polar surface area (TPSA) is 101 Å². The molecule has 3 aromatic rings. The van der Waals surface area contributed by atoms with Gasteiger partial charge in [-0.2, -0.15) is 18.4 Å². The lowest BCUT2D eigenvalue weighted by Gasteiger charge is -2.21. The minimum atomic E-state index is -5.00. The Morgan fingerprint density at radius 1 is 1.02 bits per heavy atom. The highest BCUT2D eigenvalue weighted by Gasteiger charge is 2.33. The summed E-state index contributed by atoms with van der Waals surface area (Å²) in [6.45, 7) is 0.565. The standard InChI is InChI=1S/C29H24F5N5O/c30-20-9-10-24(31)23(13-20)27(37-16-17-7-8-17)19-4-2-6-22(12-19)39-28(40)25(14-26(36)29(32,33)34)38-21-5-1-3-18(11-21)15-35/h1-6,9-14,17,27,36-38H,7-8,16H2,(H,39,40)/b25-14-,36-26?. The normalized spacial score (nSPS) is 14.2. The van der Waals surface area contributed by atoms with Gasteiger partial charge in [-0.15, -0.1) is 0 Å². The lowest BCUT2D eigenvalue weighted by molar-refractivity contribution is -0.112. The van der Waals surface area contributed by atoms with E-state index in [4.69, 9.17) is 10.7 Å². The van der Waals surface area contributed by atoms with E-state index in [1.807, 2.05) is 6.07 Å². The van der Waals surface area contributed by atoms with E-state index >= 15 is 0 Å². The van der Waals surface area contributed by atoms with Crippen LogP contribution in [0.2, 0.25) is 0 Å². The second-order valence-corrected chi connectivity index (χ2v) is 9.32. The molecule has 11 heteroatoms. The third kappa shape index (κ3) is 7.51. The number of hydrogen-bond acceptors (Lipinski definition) is 5. The summed E-state index contributed by atoms with van der Waals surface area (Å²) in [6, 6.07) is 16.2. The Bertz CT molecular complexity index is 1490. The molecule has 1 aliphatic carbocycles. The van der Waals surface area contributed by atoms with E-state index in [2.05, 4.69) is 16.0 Å². The van der Waals surface area contributed by atoms with Crippen molar-refractivity contribution in [3.63, 3.8) is 0 Å². The first-order valence-electron chi connectivity index (χ1n) is 12.3. The molecule has 3 aromatic carbocycles. The minimum absolute atomic E-state index is 0.0716. The smallest absolute Gasteiger partial charge is 0.351 e. The molecule has 1 fully saturated rings. The molecule has 0 radical (unpaired) electrons. The van der Waals surface area contributed by atoms with Gasteiger partial charge in [0.15, 0.2) is 0 Å². The molecule has 40 heavy (non-hydrogen) atoms. The molecule has 4 N–H and O–H groups in total. The quantitative estimate of drug-likeness (QED) is 0.132. The third-order valence-corrected chi connectivity index (χ3v) is 6.16. The number of halogens is 5. The van der Waals surface area contributed by atoms with Gasteiger partial charge < -0.3 is 16.0 Å². The number of anilines is 2. The van der Waals surface area contributed by atoms with Crippen LogP contribution in [0.3, 0.4) is 0 Å². The fourth-order valence-corrected chi connectivity index (χ4v) is 3.95. The Balaban J connectivity index is 1.63. The maximum Gasteiger partial charge on any atom is 0.432 e. The lowest BCUT2D eigenvalue weighted by Crippen LogP contribution is -2.26. The Labute approximate surface area is 227 Å². The van der Waals surface area contributed by atoms with Gasteiger partial charge in [0.1, 0.15) is 23.0 Å². The van der Waals surface area contributed by atoms with Crippen molar-refractivity contribution in [3.8, 4) is 6.07 Å². The highest BCUT2D eigenvalue weighted by atomic mass is 19.4. The minimum Gasteiger partial charge on any atom is -0.351 e. The van der Waals surface area contributed by atoms with E-state index in [1.54, 1.807) is 12.1 Å². The first-order valence-corrected chi connectivity index (χ1v) is 12.3. The summed E-state index contributed by atoms with van der Waals surface area (Å²) in [7, 11) is 0. The summed E-state index contributed by atoms with van der Waals surface area (Å²) in [5.41, 5.74) is -1.25. The van der Waals surface area contributed by atoms with Crippen molar-refractivity contribution in [1.29, 1.82) is 10.7 Å². The monoisotopic (exact) mass is 553 g/mol. The molecule has 0 saturated heterocycles. The van der Waals surface area contributed by atoms with Crippen LogP contribution in [0.25, 0.3) is 0 Å². The van der Waals surface area contributed by atoms with E-state index in [1.165, 1.54) is 36.4 Å². The molecule has 1 amide bonds. The van der Waals surface area contributed by atoms with Crippen molar-refractivity contribution in [2.75, 3.05) is 17.2 Å². The van der Waals surface area contributed by atoms with E-state index < -0.39 is 41.2 Å². The van der Waals surface area contributed by atoms with Crippen molar-refractivity contribution in [2.24, 2.45) is 5.92 Å². The van der Waals surface area contributed by atoms with E-state index in [0.29, 0.717) is 24.1 Å². The average molecular weight is 554 g/mol. The Kier molecular flexibility index (Phi) is 8.60. The van der Waals surface area contributed by atoms with Gasteiger partial charge in [-0.3, -0.25) is 10.2 Å². The van der Waals surface area contributed by atoms with Gasteiger partial charge in [0.05, 0.1) is 17.7 Å². The van der Waals surface area contributed by atoms with Crippen LogP contribution in [0.4, 0.5) is 33.3 Å². The second kappa shape index (κ2) is 12.1. The summed E-state index contributed by atoms with van der Waals surface area (Å²) in [4.78, 5) is 13.1. The number of benzene rings is 3. The Morgan fingerprint density at radius 3 is 2.40 bits per heavy atom. The molecule has 1 aliphatic rings. The molecule has 4 rings (SSSR count). The predicted octanol–water partition coefficient (Wildman–Crippen LogP) is 6.44. The summed E-state index contributed by atoms with van der Waals surface area (Å²) < 4.78 is 68.1. The van der Waals surface area contributed by atoms with Crippen LogP contribution in [0.5, 0.6) is 0 Å². The number of rotatable bonds is 10. The Morgan fingerprint density at radius 2 is 1.73 bits per heavy atom. The number of nitrogens with zero attached hydrogens (tertiary/aromatic N) is 1. The molecule has 1 atom stereocenters. The van der Waals surface area contributed by atoms with E-state index in [0.717, 1.165) is 31.0 Å². The Hall–Kier alpha value is -4.56. The SMILES string of the molecule is N#Cc1cccc(N/C(=C\C(=N)C(F)(F)F)C(=O)Nc2cccc(C(NCC3CC3)c3cc(F)ccc3F)c2)c1. The maximum absolute atomic E-state index is 14.7. The number of hydrogen-bond donors (Lipinski definition) is 4. The van der Waals surface area contributed by atoms with Gasteiger partial charge in [0.25, 0.3) is 5.91 Å². The molecule has 1 unspecified atom stereocenters. The summed E-state index contributed by atoms with van der Waals surface area (Å²) in [6.07, 6.45) is -2.61. The zero-order valence-electron chi connectivity index (χ0n) is 20.9. The largest absolute Gasteiger partial charge is 0.432 e. The zero-order valence-corrected chi connectivity index (χ0v) is 20.9. The van der Waals surface area contributed by atoms with E-state index in [9.17, 15) is 26.7 Å². The highest BCUT2D eigenvalue weighted by Crippen LogP contribution is 2.32. The molecule has 0 bridgehead atoms. The van der Waals surface area contributed by atoms with Crippen LogP contribution in [0.1, 0.15) is 35.6 Å². The van der Waals surface area contributed by atoms with Crippen molar-refractivity contribution < 1.29 is 26.7 Å². The number of alkyl halides is 3. The van der Waals surface area contributed by atoms with E-state index in [-0.39, 0.29) is 22.5 Å². The number of nitriles is 1. The van der Waals surface area contributed by atoms with Crippen molar-refractivity contribution >= 4 is 23.0 Å². The molecule has 0 aromatic heterocycles. The fourth-order valence-electron chi connectivity index (χ4n) is 3.95. The number of amides is 1. The first kappa shape index (κ1) is 28.4. The number of carbonyl (C=O) groups is 1. The third-order valence-electron chi connectivity index (χ3n) is 6.16. The van der Waals surface area contributed by atoms with Gasteiger partial charge >= 0.3 is 6.18 Å². The van der Waals surface area contributed by atoms with Gasteiger partial charge in [0, 0.05) is 16.9 Å².